The maximum Gasteiger partial charge on any atom is 0.255 e. The van der Waals surface area contributed by atoms with E-state index in [4.69, 9.17) is 0 Å². The van der Waals surface area contributed by atoms with Crippen molar-refractivity contribution in [2.45, 2.75) is 6.92 Å². The van der Waals surface area contributed by atoms with Gasteiger partial charge in [0.1, 0.15) is 18.0 Å². The molecule has 0 atom stereocenters. The summed E-state index contributed by atoms with van der Waals surface area (Å²) in [5, 5.41) is 7.89. The Balaban J connectivity index is 1.85. The van der Waals surface area contributed by atoms with Crippen LogP contribution in [0, 0.1) is 6.92 Å². The summed E-state index contributed by atoms with van der Waals surface area (Å²) in [4.78, 5) is 27.9. The van der Waals surface area contributed by atoms with E-state index in [1.165, 1.54) is 6.33 Å². The van der Waals surface area contributed by atoms with Gasteiger partial charge in [-0.15, -0.1) is 0 Å². The quantitative estimate of drug-likeness (QED) is 0.517. The summed E-state index contributed by atoms with van der Waals surface area (Å²) in [5.41, 5.74) is 3.34. The second kappa shape index (κ2) is 6.87. The number of aromatic amines is 1. The van der Waals surface area contributed by atoms with E-state index in [0.717, 1.165) is 33.7 Å². The van der Waals surface area contributed by atoms with Crippen LogP contribution in [-0.4, -0.2) is 27.0 Å². The molecule has 0 unspecified atom stereocenters. The van der Waals surface area contributed by atoms with Crippen LogP contribution in [0.25, 0.3) is 22.0 Å². The molecular formula is C20H18N6O. The molecule has 7 nitrogen and oxygen atoms in total. The van der Waals surface area contributed by atoms with E-state index in [0.29, 0.717) is 11.2 Å². The van der Waals surface area contributed by atoms with Crippen molar-refractivity contribution in [3.63, 3.8) is 0 Å². The highest BCUT2D eigenvalue weighted by Crippen LogP contribution is 2.32. The number of hydrogen-bond donors (Lipinski definition) is 3. The number of nitrogens with one attached hydrogen (secondary N) is 3. The van der Waals surface area contributed by atoms with Gasteiger partial charge in [-0.05, 0) is 36.8 Å². The molecule has 0 aliphatic carbocycles. The predicted molar refractivity (Wildman–Crippen MR) is 107 cm³/mol. The van der Waals surface area contributed by atoms with Crippen LogP contribution >= 0.6 is 0 Å². The van der Waals surface area contributed by atoms with Gasteiger partial charge in [0.25, 0.3) is 5.56 Å². The Bertz CT molecular complexity index is 1180. The van der Waals surface area contributed by atoms with Gasteiger partial charge < -0.3 is 15.6 Å². The molecule has 0 aliphatic rings. The van der Waals surface area contributed by atoms with E-state index in [-0.39, 0.29) is 5.56 Å². The average Bonchev–Trinajstić information content (AvgIpc) is 2.71. The highest BCUT2D eigenvalue weighted by atomic mass is 16.1. The molecule has 3 aromatic heterocycles. The Hall–Kier alpha value is -3.74. The Morgan fingerprint density at radius 2 is 1.93 bits per heavy atom. The summed E-state index contributed by atoms with van der Waals surface area (Å²) in [6.07, 6.45) is 4.89. The number of benzene rings is 1. The van der Waals surface area contributed by atoms with Gasteiger partial charge in [0.05, 0.1) is 11.4 Å². The standard InChI is InChI=1S/C20H18N6O/c1-12-5-6-14-13(7-9-23-20(14)27)18(12)26-19-15(4-3-8-22-19)16-10-17(21-2)25-11-24-16/h3-11H,1-2H3,(H,22,26)(H,23,27)(H,21,24,25). The molecule has 4 rings (SSSR count). The smallest absolute Gasteiger partial charge is 0.255 e. The monoisotopic (exact) mass is 358 g/mol. The van der Waals surface area contributed by atoms with Crippen LogP contribution in [0.5, 0.6) is 0 Å². The number of fused-ring (bicyclic) bond motifs is 1. The molecule has 0 spiro atoms. The number of H-pyrrole nitrogens is 1. The van der Waals surface area contributed by atoms with Crippen LogP contribution in [0.15, 0.2) is 59.9 Å². The minimum Gasteiger partial charge on any atom is -0.373 e. The van der Waals surface area contributed by atoms with Crippen molar-refractivity contribution in [1.29, 1.82) is 0 Å². The summed E-state index contributed by atoms with van der Waals surface area (Å²) in [5.74, 6) is 1.39. The first kappa shape index (κ1) is 16.7. The summed E-state index contributed by atoms with van der Waals surface area (Å²) in [7, 11) is 1.81. The molecule has 0 radical (unpaired) electrons. The highest BCUT2D eigenvalue weighted by molar-refractivity contribution is 5.97. The summed E-state index contributed by atoms with van der Waals surface area (Å²) >= 11 is 0. The molecule has 1 aromatic carbocycles. The van der Waals surface area contributed by atoms with E-state index >= 15 is 0 Å². The van der Waals surface area contributed by atoms with Gasteiger partial charge in [0.15, 0.2) is 0 Å². The first-order valence-corrected chi connectivity index (χ1v) is 8.50. The maximum atomic E-state index is 12.1. The summed E-state index contributed by atoms with van der Waals surface area (Å²) < 4.78 is 0. The predicted octanol–water partition coefficient (Wildman–Crippen LogP) is 3.47. The average molecular weight is 358 g/mol. The third kappa shape index (κ3) is 3.10. The van der Waals surface area contributed by atoms with Crippen LogP contribution in [0.1, 0.15) is 5.56 Å². The second-order valence-electron chi connectivity index (χ2n) is 6.09. The van der Waals surface area contributed by atoms with Crippen LogP contribution in [0.4, 0.5) is 17.3 Å². The molecule has 0 aliphatic heterocycles. The molecule has 0 saturated carbocycles. The number of hydrogen-bond acceptors (Lipinski definition) is 6. The number of nitrogens with zero attached hydrogens (tertiary/aromatic N) is 3. The molecule has 3 N–H and O–H groups in total. The van der Waals surface area contributed by atoms with E-state index < -0.39 is 0 Å². The number of aryl methyl sites for hydroxylation is 1. The lowest BCUT2D eigenvalue weighted by Gasteiger charge is -2.15. The van der Waals surface area contributed by atoms with E-state index in [1.807, 2.05) is 50.4 Å². The van der Waals surface area contributed by atoms with Gasteiger partial charge in [-0.2, -0.15) is 0 Å². The normalized spacial score (nSPS) is 10.7. The molecule has 0 fully saturated rings. The largest absolute Gasteiger partial charge is 0.373 e. The molecular weight excluding hydrogens is 340 g/mol. The molecule has 0 saturated heterocycles. The van der Waals surface area contributed by atoms with Gasteiger partial charge in [-0.3, -0.25) is 4.79 Å². The zero-order valence-electron chi connectivity index (χ0n) is 14.9. The zero-order valence-corrected chi connectivity index (χ0v) is 14.9. The van der Waals surface area contributed by atoms with Gasteiger partial charge in [-0.1, -0.05) is 6.07 Å². The highest BCUT2D eigenvalue weighted by Gasteiger charge is 2.12. The van der Waals surface area contributed by atoms with Gasteiger partial charge >= 0.3 is 0 Å². The van der Waals surface area contributed by atoms with Crippen molar-refractivity contribution in [3.05, 3.63) is 71.0 Å². The Kier molecular flexibility index (Phi) is 4.25. The first-order chi connectivity index (χ1) is 13.2. The van der Waals surface area contributed by atoms with Crippen molar-refractivity contribution in [3.8, 4) is 11.3 Å². The Morgan fingerprint density at radius 3 is 2.78 bits per heavy atom. The minimum absolute atomic E-state index is 0.119. The van der Waals surface area contributed by atoms with Crippen LogP contribution in [0.2, 0.25) is 0 Å². The fraction of sp³-hybridized carbons (Fsp3) is 0.100. The molecule has 0 bridgehead atoms. The SMILES string of the molecule is CNc1cc(-c2cccnc2Nc2c(C)ccc3c(=O)[nH]ccc23)ncn1. The Morgan fingerprint density at radius 1 is 1.04 bits per heavy atom. The topological polar surface area (TPSA) is 95.6 Å². The third-order valence-electron chi connectivity index (χ3n) is 4.41. The molecule has 3 heterocycles. The number of pyridine rings is 2. The molecule has 7 heteroatoms. The van der Waals surface area contributed by atoms with Crippen LogP contribution < -0.4 is 16.2 Å². The van der Waals surface area contributed by atoms with Gasteiger partial charge in [-0.25, -0.2) is 15.0 Å². The summed E-state index contributed by atoms with van der Waals surface area (Å²) in [6.45, 7) is 2.00. The fourth-order valence-electron chi connectivity index (χ4n) is 3.02. The molecule has 27 heavy (non-hydrogen) atoms. The maximum absolute atomic E-state index is 12.1. The van der Waals surface area contributed by atoms with Crippen molar-refractivity contribution in [1.82, 2.24) is 19.9 Å². The number of anilines is 3. The summed E-state index contributed by atoms with van der Waals surface area (Å²) in [6, 6.07) is 11.3. The van der Waals surface area contributed by atoms with Crippen LogP contribution in [0.3, 0.4) is 0 Å². The van der Waals surface area contributed by atoms with Crippen LogP contribution in [-0.2, 0) is 0 Å². The fourth-order valence-corrected chi connectivity index (χ4v) is 3.02. The van der Waals surface area contributed by atoms with Crippen molar-refractivity contribution in [2.24, 2.45) is 0 Å². The third-order valence-corrected chi connectivity index (χ3v) is 4.41. The van der Waals surface area contributed by atoms with Crippen molar-refractivity contribution < 1.29 is 0 Å². The van der Waals surface area contributed by atoms with E-state index in [1.54, 1.807) is 12.4 Å². The van der Waals surface area contributed by atoms with Crippen molar-refractivity contribution >= 4 is 28.1 Å². The first-order valence-electron chi connectivity index (χ1n) is 8.50. The van der Waals surface area contributed by atoms with E-state index in [9.17, 15) is 4.79 Å². The number of aromatic nitrogens is 4. The zero-order chi connectivity index (χ0) is 18.8. The Labute approximate surface area is 155 Å². The minimum atomic E-state index is -0.119. The lowest BCUT2D eigenvalue weighted by Crippen LogP contribution is -2.07. The van der Waals surface area contributed by atoms with Gasteiger partial charge in [0.2, 0.25) is 0 Å². The van der Waals surface area contributed by atoms with Crippen molar-refractivity contribution in [2.75, 3.05) is 17.7 Å². The number of rotatable bonds is 4. The molecule has 134 valence electrons. The molecule has 0 amide bonds. The molecule has 4 aromatic rings. The lowest BCUT2D eigenvalue weighted by molar-refractivity contribution is 1.16. The van der Waals surface area contributed by atoms with E-state index in [2.05, 4.69) is 30.6 Å². The van der Waals surface area contributed by atoms with Gasteiger partial charge in [0, 0.05) is 41.8 Å². The lowest BCUT2D eigenvalue weighted by atomic mass is 10.1. The second-order valence-corrected chi connectivity index (χ2v) is 6.09.